The Kier molecular flexibility index (Phi) is 5.72. The molecule has 29 heavy (non-hydrogen) atoms. The Hall–Kier alpha value is -3.55. The number of methoxy groups -OCH3 is 1. The van der Waals surface area contributed by atoms with Gasteiger partial charge in [-0.2, -0.15) is 0 Å². The Morgan fingerprint density at radius 1 is 1.24 bits per heavy atom. The standard InChI is InChI=1S/C21H23N3O5/c1-21(13-18(25)26,15-4-3-5-17(12-15)29-2)23-19(27)14-6-8-16(9-7-14)24-11-10-22-20(24)28/h3-9,12H,10-11,13H2,1-2H3,(H,22,28)(H,23,27)(H,25,26). The summed E-state index contributed by atoms with van der Waals surface area (Å²) < 4.78 is 5.22. The van der Waals surface area contributed by atoms with Crippen LogP contribution in [0.15, 0.2) is 48.5 Å². The SMILES string of the molecule is COc1cccc(C(C)(CC(=O)O)NC(=O)c2ccc(N3CCNC3=O)cc2)c1. The lowest BCUT2D eigenvalue weighted by Crippen LogP contribution is -2.45. The van der Waals surface area contributed by atoms with E-state index < -0.39 is 17.4 Å². The van der Waals surface area contributed by atoms with Crippen molar-refractivity contribution >= 4 is 23.6 Å². The highest BCUT2D eigenvalue weighted by atomic mass is 16.5. The lowest BCUT2D eigenvalue weighted by Gasteiger charge is -2.30. The number of anilines is 1. The third kappa shape index (κ3) is 4.48. The van der Waals surface area contributed by atoms with Crippen LogP contribution >= 0.6 is 0 Å². The number of carbonyl (C=O) groups excluding carboxylic acids is 2. The molecule has 1 heterocycles. The molecule has 152 valence electrons. The Bertz CT molecular complexity index is 928. The van der Waals surface area contributed by atoms with Crippen LogP contribution in [0.3, 0.4) is 0 Å². The van der Waals surface area contributed by atoms with Gasteiger partial charge in [-0.15, -0.1) is 0 Å². The molecule has 1 atom stereocenters. The van der Waals surface area contributed by atoms with Gasteiger partial charge in [0.15, 0.2) is 0 Å². The topological polar surface area (TPSA) is 108 Å². The monoisotopic (exact) mass is 397 g/mol. The van der Waals surface area contributed by atoms with Gasteiger partial charge < -0.3 is 20.5 Å². The molecule has 0 aromatic heterocycles. The minimum Gasteiger partial charge on any atom is -0.497 e. The summed E-state index contributed by atoms with van der Waals surface area (Å²) in [5.41, 5.74) is 0.550. The van der Waals surface area contributed by atoms with E-state index >= 15 is 0 Å². The fourth-order valence-corrected chi connectivity index (χ4v) is 3.32. The summed E-state index contributed by atoms with van der Waals surface area (Å²) in [6.45, 7) is 2.81. The fraction of sp³-hybridized carbons (Fsp3) is 0.286. The zero-order chi connectivity index (χ0) is 21.0. The van der Waals surface area contributed by atoms with E-state index in [0.717, 1.165) is 0 Å². The molecular weight excluding hydrogens is 374 g/mol. The summed E-state index contributed by atoms with van der Waals surface area (Å²) in [5, 5.41) is 14.9. The lowest BCUT2D eigenvalue weighted by atomic mass is 9.88. The van der Waals surface area contributed by atoms with Gasteiger partial charge in [-0.05, 0) is 48.9 Å². The van der Waals surface area contributed by atoms with Crippen molar-refractivity contribution in [3.05, 3.63) is 59.7 Å². The smallest absolute Gasteiger partial charge is 0.321 e. The number of hydrogen-bond donors (Lipinski definition) is 3. The maximum absolute atomic E-state index is 12.8. The molecule has 1 fully saturated rings. The van der Waals surface area contributed by atoms with Crippen molar-refractivity contribution < 1.29 is 24.2 Å². The highest BCUT2D eigenvalue weighted by Crippen LogP contribution is 2.28. The van der Waals surface area contributed by atoms with E-state index in [4.69, 9.17) is 4.74 Å². The van der Waals surface area contributed by atoms with Crippen LogP contribution in [0.1, 0.15) is 29.3 Å². The van der Waals surface area contributed by atoms with Crippen LogP contribution in [-0.2, 0) is 10.3 Å². The molecule has 8 heteroatoms. The van der Waals surface area contributed by atoms with Gasteiger partial charge in [0.2, 0.25) is 0 Å². The summed E-state index contributed by atoms with van der Waals surface area (Å²) in [6.07, 6.45) is -0.294. The predicted molar refractivity (Wildman–Crippen MR) is 107 cm³/mol. The fourth-order valence-electron chi connectivity index (χ4n) is 3.32. The van der Waals surface area contributed by atoms with Crippen molar-refractivity contribution in [1.82, 2.24) is 10.6 Å². The normalized spacial score (nSPS) is 15.4. The van der Waals surface area contributed by atoms with Gasteiger partial charge in [-0.3, -0.25) is 14.5 Å². The first kappa shape index (κ1) is 20.2. The predicted octanol–water partition coefficient (Wildman–Crippen LogP) is 2.34. The summed E-state index contributed by atoms with van der Waals surface area (Å²) in [6, 6.07) is 13.4. The number of benzene rings is 2. The number of carboxylic acids is 1. The summed E-state index contributed by atoms with van der Waals surface area (Å²) >= 11 is 0. The van der Waals surface area contributed by atoms with Crippen LogP contribution in [0.5, 0.6) is 5.75 Å². The van der Waals surface area contributed by atoms with Crippen molar-refractivity contribution in [3.63, 3.8) is 0 Å². The number of urea groups is 1. The number of ether oxygens (including phenoxy) is 1. The van der Waals surface area contributed by atoms with Gasteiger partial charge in [0.05, 0.1) is 19.1 Å². The summed E-state index contributed by atoms with van der Waals surface area (Å²) in [5.74, 6) is -0.874. The van der Waals surface area contributed by atoms with Gasteiger partial charge in [-0.1, -0.05) is 12.1 Å². The van der Waals surface area contributed by atoms with Crippen LogP contribution in [-0.4, -0.2) is 43.2 Å². The van der Waals surface area contributed by atoms with E-state index in [1.54, 1.807) is 60.4 Å². The minimum absolute atomic E-state index is 0.172. The average Bonchev–Trinajstić information content (AvgIpc) is 3.13. The van der Waals surface area contributed by atoms with Gasteiger partial charge >= 0.3 is 12.0 Å². The molecule has 0 radical (unpaired) electrons. The van der Waals surface area contributed by atoms with Crippen LogP contribution in [0.2, 0.25) is 0 Å². The molecule has 1 aliphatic heterocycles. The lowest BCUT2D eigenvalue weighted by molar-refractivity contribution is -0.138. The summed E-state index contributed by atoms with van der Waals surface area (Å²) in [4.78, 5) is 37.6. The van der Waals surface area contributed by atoms with Crippen molar-refractivity contribution in [3.8, 4) is 5.75 Å². The second kappa shape index (κ2) is 8.22. The molecule has 1 unspecified atom stereocenters. The average molecular weight is 397 g/mol. The van der Waals surface area contributed by atoms with E-state index in [1.165, 1.54) is 7.11 Å². The quantitative estimate of drug-likeness (QED) is 0.665. The molecular formula is C21H23N3O5. The maximum atomic E-state index is 12.8. The molecule has 0 spiro atoms. The van der Waals surface area contributed by atoms with E-state index in [-0.39, 0.29) is 12.5 Å². The van der Waals surface area contributed by atoms with Gasteiger partial charge in [0.1, 0.15) is 5.75 Å². The number of hydrogen-bond acceptors (Lipinski definition) is 4. The second-order valence-electron chi connectivity index (χ2n) is 7.02. The first-order valence-corrected chi connectivity index (χ1v) is 9.17. The molecule has 0 saturated carbocycles. The summed E-state index contributed by atoms with van der Waals surface area (Å²) in [7, 11) is 1.52. The van der Waals surface area contributed by atoms with Crippen LogP contribution < -0.4 is 20.3 Å². The zero-order valence-electron chi connectivity index (χ0n) is 16.3. The highest BCUT2D eigenvalue weighted by Gasteiger charge is 2.32. The number of carboxylic acid groups (broad SMARTS) is 1. The van der Waals surface area contributed by atoms with Crippen molar-refractivity contribution in [2.75, 3.05) is 25.1 Å². The Morgan fingerprint density at radius 2 is 1.97 bits per heavy atom. The third-order valence-electron chi connectivity index (χ3n) is 4.90. The zero-order valence-corrected chi connectivity index (χ0v) is 16.3. The van der Waals surface area contributed by atoms with Gasteiger partial charge in [-0.25, -0.2) is 4.79 Å². The Balaban J connectivity index is 1.82. The van der Waals surface area contributed by atoms with Crippen molar-refractivity contribution in [1.29, 1.82) is 0 Å². The Morgan fingerprint density at radius 3 is 2.55 bits per heavy atom. The number of amides is 3. The van der Waals surface area contributed by atoms with E-state index in [9.17, 15) is 19.5 Å². The van der Waals surface area contributed by atoms with E-state index in [0.29, 0.717) is 35.7 Å². The first-order valence-electron chi connectivity index (χ1n) is 9.17. The van der Waals surface area contributed by atoms with E-state index in [2.05, 4.69) is 10.6 Å². The number of rotatable bonds is 7. The molecule has 2 aromatic carbocycles. The van der Waals surface area contributed by atoms with Crippen LogP contribution in [0, 0.1) is 0 Å². The number of carbonyl (C=O) groups is 3. The molecule has 0 bridgehead atoms. The molecule has 3 rings (SSSR count). The van der Waals surface area contributed by atoms with Gasteiger partial charge in [0.25, 0.3) is 5.91 Å². The largest absolute Gasteiger partial charge is 0.497 e. The molecule has 0 aliphatic carbocycles. The third-order valence-corrected chi connectivity index (χ3v) is 4.90. The molecule has 2 aromatic rings. The number of nitrogens with zero attached hydrogens (tertiary/aromatic N) is 1. The molecule has 3 N–H and O–H groups in total. The second-order valence-corrected chi connectivity index (χ2v) is 7.02. The van der Waals surface area contributed by atoms with Crippen LogP contribution in [0.4, 0.5) is 10.5 Å². The first-order chi connectivity index (χ1) is 13.8. The Labute approximate surface area is 168 Å². The maximum Gasteiger partial charge on any atom is 0.321 e. The molecule has 1 saturated heterocycles. The van der Waals surface area contributed by atoms with Crippen molar-refractivity contribution in [2.45, 2.75) is 18.9 Å². The highest BCUT2D eigenvalue weighted by molar-refractivity contribution is 5.97. The van der Waals surface area contributed by atoms with Crippen molar-refractivity contribution in [2.24, 2.45) is 0 Å². The number of nitrogens with one attached hydrogen (secondary N) is 2. The van der Waals surface area contributed by atoms with E-state index in [1.807, 2.05) is 0 Å². The van der Waals surface area contributed by atoms with Crippen LogP contribution in [0.25, 0.3) is 0 Å². The molecule has 8 nitrogen and oxygen atoms in total. The molecule has 3 amide bonds. The molecule has 1 aliphatic rings. The van der Waals surface area contributed by atoms with Gasteiger partial charge in [0, 0.05) is 24.3 Å². The minimum atomic E-state index is -1.13. The number of aliphatic carboxylic acids is 1.